The number of hydrogen-bond acceptors (Lipinski definition) is 6. The van der Waals surface area contributed by atoms with E-state index in [0.717, 1.165) is 12.2 Å². The lowest BCUT2D eigenvalue weighted by atomic mass is 10.5. The molecule has 0 saturated carbocycles. The molecule has 2 N–H and O–H groups in total. The van der Waals surface area contributed by atoms with E-state index >= 15 is 0 Å². The van der Waals surface area contributed by atoms with Crippen LogP contribution >= 0.6 is 0 Å². The molecule has 0 amide bonds. The molecule has 0 rings (SSSR count). The Kier molecular flexibility index (Phi) is 13.0. The predicted molar refractivity (Wildman–Crippen MR) is 51.8 cm³/mol. The highest BCUT2D eigenvalue weighted by molar-refractivity contribution is 5.81. The molecule has 0 unspecified atom stereocenters. The zero-order valence-corrected chi connectivity index (χ0v) is 8.22. The molecule has 86 valence electrons. The van der Waals surface area contributed by atoms with Crippen molar-refractivity contribution in [2.75, 3.05) is 13.2 Å². The van der Waals surface area contributed by atoms with Gasteiger partial charge in [-0.2, -0.15) is 5.26 Å². The van der Waals surface area contributed by atoms with Crippen molar-refractivity contribution in [3.05, 3.63) is 25.3 Å². The molecule has 0 spiro atoms. The van der Waals surface area contributed by atoms with Crippen molar-refractivity contribution in [3.8, 4) is 0 Å². The van der Waals surface area contributed by atoms with E-state index in [9.17, 15) is 9.59 Å². The first-order chi connectivity index (χ1) is 7.12. The van der Waals surface area contributed by atoms with Crippen LogP contribution in [-0.4, -0.2) is 35.5 Å². The number of aliphatic hydroxyl groups is 1. The zero-order valence-electron chi connectivity index (χ0n) is 8.22. The van der Waals surface area contributed by atoms with Crippen LogP contribution in [0, 0.1) is 0 Å². The summed E-state index contributed by atoms with van der Waals surface area (Å²) in [5, 5.41) is 15.6. The van der Waals surface area contributed by atoms with Crippen molar-refractivity contribution in [1.29, 1.82) is 0 Å². The smallest absolute Gasteiger partial charge is 0.365 e. The Labute approximate surface area is 87.4 Å². The topological polar surface area (TPSA) is 93.1 Å². The highest BCUT2D eigenvalue weighted by Gasteiger charge is 1.91. The van der Waals surface area contributed by atoms with Crippen LogP contribution in [-0.2, 0) is 19.2 Å². The molecule has 0 aromatic rings. The molecule has 0 heterocycles. The number of hydrogen-bond donors (Lipinski definition) is 2. The van der Waals surface area contributed by atoms with E-state index in [1.54, 1.807) is 0 Å². The van der Waals surface area contributed by atoms with E-state index in [-0.39, 0.29) is 13.2 Å². The summed E-state index contributed by atoms with van der Waals surface area (Å²) >= 11 is 0. The Hall–Kier alpha value is -1.66. The quantitative estimate of drug-likeness (QED) is 0.226. The van der Waals surface area contributed by atoms with Gasteiger partial charge in [0.25, 0.3) is 0 Å². The molecule has 0 aliphatic heterocycles. The summed E-state index contributed by atoms with van der Waals surface area (Å²) in [6.45, 7) is 6.51. The van der Waals surface area contributed by atoms with E-state index in [0.29, 0.717) is 6.42 Å². The molecular weight excluding hydrogens is 204 g/mol. The lowest BCUT2D eigenvalue weighted by Gasteiger charge is -1.96. The highest BCUT2D eigenvalue weighted by Crippen LogP contribution is 1.82. The molecule has 0 radical (unpaired) electrons. The Morgan fingerprint density at radius 2 is 1.73 bits per heavy atom. The Morgan fingerprint density at radius 1 is 1.20 bits per heavy atom. The molecule has 0 aromatic carbocycles. The predicted octanol–water partition coefficient (Wildman–Crippen LogP) is 0.287. The average Bonchev–Trinajstić information content (AvgIpc) is 2.28. The fourth-order valence-corrected chi connectivity index (χ4v) is 0.334. The third-order valence-electron chi connectivity index (χ3n) is 0.970. The second-order valence-corrected chi connectivity index (χ2v) is 2.06. The minimum absolute atomic E-state index is 0.0461. The first-order valence-electron chi connectivity index (χ1n) is 4.00. The standard InChI is InChI=1S/C6H10O3.C3H4O3/c1-2-6(8)9-5-3-4-7;1-2-3(4)6-5/h2,7H,1,3-5H2;2,5H,1H2. The monoisotopic (exact) mass is 218 g/mol. The van der Waals surface area contributed by atoms with Gasteiger partial charge in [-0.05, 0) is 0 Å². The molecule has 6 heteroatoms. The first kappa shape index (κ1) is 15.8. The second-order valence-electron chi connectivity index (χ2n) is 2.06. The van der Waals surface area contributed by atoms with Crippen molar-refractivity contribution in [2.45, 2.75) is 6.42 Å². The third-order valence-corrected chi connectivity index (χ3v) is 0.970. The summed E-state index contributed by atoms with van der Waals surface area (Å²) in [4.78, 5) is 23.0. The molecule has 6 nitrogen and oxygen atoms in total. The van der Waals surface area contributed by atoms with Crippen LogP contribution in [0.2, 0.25) is 0 Å². The van der Waals surface area contributed by atoms with Crippen LogP contribution in [0.1, 0.15) is 6.42 Å². The molecule has 0 aliphatic rings. The number of carbonyl (C=O) groups is 2. The summed E-state index contributed by atoms with van der Waals surface area (Å²) in [6, 6.07) is 0. The van der Waals surface area contributed by atoms with E-state index < -0.39 is 11.9 Å². The van der Waals surface area contributed by atoms with Crippen LogP contribution in [0.5, 0.6) is 0 Å². The van der Waals surface area contributed by atoms with Gasteiger partial charge in [0.1, 0.15) is 0 Å². The lowest BCUT2D eigenvalue weighted by Crippen LogP contribution is -2.02. The fourth-order valence-electron chi connectivity index (χ4n) is 0.334. The molecule has 0 aliphatic carbocycles. The van der Waals surface area contributed by atoms with Crippen LogP contribution in [0.3, 0.4) is 0 Å². The lowest BCUT2D eigenvalue weighted by molar-refractivity contribution is -0.228. The molecule has 0 atom stereocenters. The minimum Gasteiger partial charge on any atom is -0.462 e. The van der Waals surface area contributed by atoms with Crippen LogP contribution in [0.25, 0.3) is 0 Å². The highest BCUT2D eigenvalue weighted by atomic mass is 17.1. The molecule has 0 saturated heterocycles. The maximum absolute atomic E-state index is 10.3. The van der Waals surface area contributed by atoms with Gasteiger partial charge in [0, 0.05) is 25.2 Å². The summed E-state index contributed by atoms with van der Waals surface area (Å²) in [5.41, 5.74) is 0. The Balaban J connectivity index is 0. The van der Waals surface area contributed by atoms with Crippen molar-refractivity contribution < 1.29 is 29.6 Å². The van der Waals surface area contributed by atoms with Gasteiger partial charge in [-0.25, -0.2) is 9.59 Å². The summed E-state index contributed by atoms with van der Waals surface area (Å²) in [5.74, 6) is -1.28. The SMILES string of the molecule is C=CC(=O)OCCCO.C=CC(=O)OO. The van der Waals surface area contributed by atoms with E-state index in [1.807, 2.05) is 0 Å². The molecule has 0 fully saturated rings. The van der Waals surface area contributed by atoms with Gasteiger partial charge >= 0.3 is 11.9 Å². The van der Waals surface area contributed by atoms with Crippen molar-refractivity contribution >= 4 is 11.9 Å². The van der Waals surface area contributed by atoms with E-state index in [1.165, 1.54) is 0 Å². The minimum atomic E-state index is -0.838. The van der Waals surface area contributed by atoms with Crippen molar-refractivity contribution in [1.82, 2.24) is 0 Å². The number of rotatable bonds is 5. The summed E-state index contributed by atoms with van der Waals surface area (Å²) in [6.07, 6.45) is 2.44. The van der Waals surface area contributed by atoms with Gasteiger partial charge < -0.3 is 9.84 Å². The van der Waals surface area contributed by atoms with E-state index in [4.69, 9.17) is 10.4 Å². The Morgan fingerprint density at radius 3 is 2.00 bits per heavy atom. The normalized spacial score (nSPS) is 7.87. The molecule has 0 aromatic heterocycles. The summed E-state index contributed by atoms with van der Waals surface area (Å²) in [7, 11) is 0. The molecule has 15 heavy (non-hydrogen) atoms. The maximum atomic E-state index is 10.3. The van der Waals surface area contributed by atoms with Crippen molar-refractivity contribution in [3.63, 3.8) is 0 Å². The van der Waals surface area contributed by atoms with Gasteiger partial charge in [-0.3, -0.25) is 4.89 Å². The van der Waals surface area contributed by atoms with Gasteiger partial charge in [-0.15, -0.1) is 0 Å². The van der Waals surface area contributed by atoms with Crippen LogP contribution in [0.15, 0.2) is 25.3 Å². The van der Waals surface area contributed by atoms with Gasteiger partial charge in [0.05, 0.1) is 6.61 Å². The van der Waals surface area contributed by atoms with Crippen molar-refractivity contribution in [2.24, 2.45) is 0 Å². The number of aliphatic hydroxyl groups excluding tert-OH is 1. The maximum Gasteiger partial charge on any atom is 0.365 e. The second kappa shape index (κ2) is 12.3. The molecule has 0 bridgehead atoms. The average molecular weight is 218 g/mol. The summed E-state index contributed by atoms with van der Waals surface area (Å²) < 4.78 is 4.51. The third kappa shape index (κ3) is 15.1. The number of carbonyl (C=O) groups excluding carboxylic acids is 2. The Bertz CT molecular complexity index is 211. The number of esters is 1. The van der Waals surface area contributed by atoms with Gasteiger partial charge in [-0.1, -0.05) is 13.2 Å². The van der Waals surface area contributed by atoms with E-state index in [2.05, 4.69) is 22.8 Å². The zero-order chi connectivity index (χ0) is 12.1. The van der Waals surface area contributed by atoms with Crippen LogP contribution in [0.4, 0.5) is 0 Å². The molecular formula is C9H14O6. The fraction of sp³-hybridized carbons (Fsp3) is 0.333. The largest absolute Gasteiger partial charge is 0.462 e. The first-order valence-corrected chi connectivity index (χ1v) is 4.00. The van der Waals surface area contributed by atoms with Crippen LogP contribution < -0.4 is 0 Å². The van der Waals surface area contributed by atoms with Gasteiger partial charge in [0.15, 0.2) is 0 Å². The van der Waals surface area contributed by atoms with Gasteiger partial charge in [0.2, 0.25) is 0 Å². The number of ether oxygens (including phenoxy) is 1.